The number of aliphatic hydroxyl groups excluding tert-OH is 5. The standard InChI is InChI=1S/C24H29ClO7/c1-2-31-16-6-3-13(4-7-16)9-15-10-14(5-8-19(15)25)22-20(28)21(29)23(30)24(32-22)17(11-26)18(24)12-27/h3-8,10,17-18,20-23,26-30H,2,9,11-12H2,1H3/t17?,18?,20-,21-,22+,23+,24?/m1/s1. The van der Waals surface area contributed by atoms with Crippen molar-refractivity contribution < 1.29 is 35.0 Å². The highest BCUT2D eigenvalue weighted by Gasteiger charge is 2.74. The molecule has 0 aromatic heterocycles. The van der Waals surface area contributed by atoms with Gasteiger partial charge in [0.25, 0.3) is 0 Å². The summed E-state index contributed by atoms with van der Waals surface area (Å²) in [6.45, 7) is 1.91. The summed E-state index contributed by atoms with van der Waals surface area (Å²) >= 11 is 6.43. The number of halogens is 1. The molecule has 1 saturated carbocycles. The molecular formula is C24H29ClO7. The Morgan fingerprint density at radius 2 is 1.62 bits per heavy atom. The van der Waals surface area contributed by atoms with Crippen LogP contribution in [0, 0.1) is 11.8 Å². The monoisotopic (exact) mass is 464 g/mol. The summed E-state index contributed by atoms with van der Waals surface area (Å²) < 4.78 is 11.6. The van der Waals surface area contributed by atoms with Crippen LogP contribution >= 0.6 is 11.6 Å². The third-order valence-electron chi connectivity index (χ3n) is 6.73. The maximum Gasteiger partial charge on any atom is 0.119 e. The highest BCUT2D eigenvalue weighted by molar-refractivity contribution is 6.31. The molecule has 0 amide bonds. The number of benzene rings is 2. The van der Waals surface area contributed by atoms with Crippen LogP contribution in [0.25, 0.3) is 0 Å². The minimum atomic E-state index is -1.48. The van der Waals surface area contributed by atoms with Gasteiger partial charge >= 0.3 is 0 Å². The van der Waals surface area contributed by atoms with E-state index in [0.717, 1.165) is 16.9 Å². The molecule has 2 fully saturated rings. The fraction of sp³-hybridized carbons (Fsp3) is 0.500. The fourth-order valence-corrected chi connectivity index (χ4v) is 5.13. The third-order valence-corrected chi connectivity index (χ3v) is 7.10. The fourth-order valence-electron chi connectivity index (χ4n) is 4.94. The molecule has 8 heteroatoms. The van der Waals surface area contributed by atoms with Crippen molar-refractivity contribution in [2.75, 3.05) is 19.8 Å². The predicted octanol–water partition coefficient (Wildman–Crippen LogP) is 1.45. The van der Waals surface area contributed by atoms with Crippen molar-refractivity contribution in [3.63, 3.8) is 0 Å². The highest BCUT2D eigenvalue weighted by atomic mass is 35.5. The third kappa shape index (κ3) is 3.92. The first-order valence-corrected chi connectivity index (χ1v) is 11.2. The lowest BCUT2D eigenvalue weighted by molar-refractivity contribution is -0.246. The van der Waals surface area contributed by atoms with Gasteiger partial charge in [0, 0.05) is 30.1 Å². The van der Waals surface area contributed by atoms with Crippen molar-refractivity contribution in [2.24, 2.45) is 11.8 Å². The summed E-state index contributed by atoms with van der Waals surface area (Å²) in [6.07, 6.45) is -4.69. The van der Waals surface area contributed by atoms with Gasteiger partial charge in [0.05, 0.1) is 6.61 Å². The Morgan fingerprint density at radius 3 is 2.22 bits per heavy atom. The second-order valence-electron chi connectivity index (χ2n) is 8.50. The molecule has 7 nitrogen and oxygen atoms in total. The second kappa shape index (κ2) is 9.27. The van der Waals surface area contributed by atoms with Gasteiger partial charge < -0.3 is 35.0 Å². The maximum atomic E-state index is 10.7. The number of ether oxygens (including phenoxy) is 2. The van der Waals surface area contributed by atoms with E-state index in [2.05, 4.69) is 0 Å². The van der Waals surface area contributed by atoms with Gasteiger partial charge in [-0.1, -0.05) is 35.9 Å². The minimum absolute atomic E-state index is 0.304. The molecule has 2 unspecified atom stereocenters. The Labute approximate surface area is 191 Å². The van der Waals surface area contributed by atoms with Crippen molar-refractivity contribution >= 4 is 11.6 Å². The highest BCUT2D eigenvalue weighted by Crippen LogP contribution is 2.60. The van der Waals surface area contributed by atoms with Gasteiger partial charge in [0.15, 0.2) is 0 Å². The SMILES string of the molecule is CCOc1ccc(Cc2cc([C@@H]3OC4(C(CO)C4CO)[C@@H](O)[C@H](O)[C@H]3O)ccc2Cl)cc1. The summed E-state index contributed by atoms with van der Waals surface area (Å²) in [6, 6.07) is 12.9. The molecular weight excluding hydrogens is 436 g/mol. The zero-order valence-corrected chi connectivity index (χ0v) is 18.5. The van der Waals surface area contributed by atoms with Crippen LogP contribution in [0.2, 0.25) is 5.02 Å². The van der Waals surface area contributed by atoms with Gasteiger partial charge in [-0.15, -0.1) is 0 Å². The largest absolute Gasteiger partial charge is 0.494 e. The molecule has 174 valence electrons. The first-order valence-electron chi connectivity index (χ1n) is 10.8. The normalized spacial score (nSPS) is 34.0. The van der Waals surface area contributed by atoms with E-state index in [-0.39, 0.29) is 13.2 Å². The van der Waals surface area contributed by atoms with E-state index < -0.39 is 41.9 Å². The molecule has 4 rings (SSSR count). The van der Waals surface area contributed by atoms with Gasteiger partial charge in [-0.2, -0.15) is 0 Å². The Hall–Kier alpha value is -1.71. The molecule has 6 atom stereocenters. The van der Waals surface area contributed by atoms with Gasteiger partial charge in [-0.05, 0) is 48.2 Å². The van der Waals surface area contributed by atoms with E-state index in [9.17, 15) is 25.5 Å². The van der Waals surface area contributed by atoms with Gasteiger partial charge in [-0.25, -0.2) is 0 Å². The molecule has 2 aliphatic rings. The molecule has 32 heavy (non-hydrogen) atoms. The van der Waals surface area contributed by atoms with Crippen molar-refractivity contribution in [3.8, 4) is 5.75 Å². The van der Waals surface area contributed by atoms with Gasteiger partial charge in [0.1, 0.15) is 35.8 Å². The Bertz CT molecular complexity index is 924. The summed E-state index contributed by atoms with van der Waals surface area (Å²) in [4.78, 5) is 0. The number of aliphatic hydroxyl groups is 5. The van der Waals surface area contributed by atoms with Crippen LogP contribution in [0.15, 0.2) is 42.5 Å². The maximum absolute atomic E-state index is 10.7. The molecule has 5 N–H and O–H groups in total. The van der Waals surface area contributed by atoms with Crippen LogP contribution in [0.1, 0.15) is 29.7 Å². The van der Waals surface area contributed by atoms with Gasteiger partial charge in [0.2, 0.25) is 0 Å². The van der Waals surface area contributed by atoms with E-state index in [1.54, 1.807) is 12.1 Å². The summed E-state index contributed by atoms with van der Waals surface area (Å²) in [5.41, 5.74) is 1.12. The van der Waals surface area contributed by atoms with E-state index in [1.165, 1.54) is 0 Å². The van der Waals surface area contributed by atoms with Crippen LogP contribution in [0.3, 0.4) is 0 Å². The average molecular weight is 465 g/mol. The number of rotatable bonds is 7. The first kappa shape index (κ1) is 23.4. The molecule has 0 radical (unpaired) electrons. The Balaban J connectivity index is 1.60. The van der Waals surface area contributed by atoms with Crippen LogP contribution < -0.4 is 4.74 Å². The average Bonchev–Trinajstić information content (AvgIpc) is 3.44. The second-order valence-corrected chi connectivity index (χ2v) is 8.91. The summed E-state index contributed by atoms with van der Waals surface area (Å²) in [5, 5.41) is 51.7. The predicted molar refractivity (Wildman–Crippen MR) is 118 cm³/mol. The zero-order valence-electron chi connectivity index (χ0n) is 17.8. The van der Waals surface area contributed by atoms with Crippen molar-refractivity contribution in [1.29, 1.82) is 0 Å². The van der Waals surface area contributed by atoms with Crippen molar-refractivity contribution in [1.82, 2.24) is 0 Å². The molecule has 1 aliphatic carbocycles. The molecule has 1 heterocycles. The smallest absolute Gasteiger partial charge is 0.119 e. The van der Waals surface area contributed by atoms with Crippen molar-refractivity contribution in [3.05, 3.63) is 64.2 Å². The molecule has 1 aliphatic heterocycles. The van der Waals surface area contributed by atoms with Crippen molar-refractivity contribution in [2.45, 2.75) is 43.4 Å². The van der Waals surface area contributed by atoms with Crippen LogP contribution in [0.5, 0.6) is 5.75 Å². The molecule has 1 saturated heterocycles. The van der Waals surface area contributed by atoms with E-state index in [1.807, 2.05) is 37.3 Å². The number of hydrogen-bond acceptors (Lipinski definition) is 7. The number of hydrogen-bond donors (Lipinski definition) is 5. The lowest BCUT2D eigenvalue weighted by Crippen LogP contribution is -2.57. The van der Waals surface area contributed by atoms with Crippen LogP contribution in [-0.2, 0) is 11.2 Å². The van der Waals surface area contributed by atoms with E-state index >= 15 is 0 Å². The molecule has 0 bridgehead atoms. The lowest BCUT2D eigenvalue weighted by Gasteiger charge is -2.42. The van der Waals surface area contributed by atoms with E-state index in [4.69, 9.17) is 21.1 Å². The minimum Gasteiger partial charge on any atom is -0.494 e. The van der Waals surface area contributed by atoms with E-state index in [0.29, 0.717) is 23.6 Å². The first-order chi connectivity index (χ1) is 15.4. The topological polar surface area (TPSA) is 120 Å². The summed E-state index contributed by atoms with van der Waals surface area (Å²) in [5.74, 6) is -0.264. The van der Waals surface area contributed by atoms with Crippen LogP contribution in [-0.4, -0.2) is 69.3 Å². The van der Waals surface area contributed by atoms with Gasteiger partial charge in [-0.3, -0.25) is 0 Å². The molecule has 2 aromatic rings. The molecule has 2 aromatic carbocycles. The Kier molecular flexibility index (Phi) is 6.79. The quantitative estimate of drug-likeness (QED) is 0.420. The lowest BCUT2D eigenvalue weighted by atomic mass is 9.87. The Morgan fingerprint density at radius 1 is 0.969 bits per heavy atom. The molecule has 1 spiro atoms. The summed E-state index contributed by atoms with van der Waals surface area (Å²) in [7, 11) is 0. The zero-order chi connectivity index (χ0) is 23.0. The van der Waals surface area contributed by atoms with Crippen LogP contribution in [0.4, 0.5) is 0 Å².